The quantitative estimate of drug-likeness (QED) is 0.620. The number of amides is 1. The minimum atomic E-state index is -1.05. The number of carboxylic acid groups (broad SMARTS) is 1. The molecule has 0 aliphatic carbocycles. The molecule has 124 valence electrons. The van der Waals surface area contributed by atoms with Crippen LogP contribution in [0.5, 0.6) is 0 Å². The Kier molecular flexibility index (Phi) is 5.44. The van der Waals surface area contributed by atoms with Gasteiger partial charge in [-0.15, -0.1) is 22.7 Å². The molecule has 3 heterocycles. The summed E-state index contributed by atoms with van der Waals surface area (Å²) in [6.07, 6.45) is 2.63. The molecule has 9 heteroatoms. The minimum Gasteiger partial charge on any atom is -0.465 e. The lowest BCUT2D eigenvalue weighted by atomic mass is 10.1. The number of hydrogen-bond acceptors (Lipinski definition) is 6. The van der Waals surface area contributed by atoms with Crippen LogP contribution in [0.3, 0.4) is 0 Å². The molecule has 0 atom stereocenters. The van der Waals surface area contributed by atoms with E-state index in [-0.39, 0.29) is 0 Å². The Labute approximate surface area is 149 Å². The molecule has 0 saturated carbocycles. The normalized spacial score (nSPS) is 10.7. The largest absolute Gasteiger partial charge is 0.465 e. The summed E-state index contributed by atoms with van der Waals surface area (Å²) < 4.78 is 15.9. The Morgan fingerprint density at radius 3 is 2.92 bits per heavy atom. The maximum Gasteiger partial charge on any atom is 0.404 e. The molecular weight excluding hydrogens is 369 g/mol. The average molecular weight is 381 g/mol. The third-order valence-electron chi connectivity index (χ3n) is 3.04. The Balaban J connectivity index is 1.90. The SMILES string of the molecule is O=C(O)NCCc1cc(-c2cccnc2F)c(Sc2nccs2)s1. The van der Waals surface area contributed by atoms with Gasteiger partial charge in [-0.25, -0.2) is 14.8 Å². The van der Waals surface area contributed by atoms with Crippen molar-refractivity contribution in [3.63, 3.8) is 0 Å². The van der Waals surface area contributed by atoms with E-state index in [2.05, 4.69) is 15.3 Å². The summed E-state index contributed by atoms with van der Waals surface area (Å²) in [4.78, 5) is 19.5. The first kappa shape index (κ1) is 16.9. The molecule has 24 heavy (non-hydrogen) atoms. The van der Waals surface area contributed by atoms with Crippen molar-refractivity contribution >= 4 is 40.5 Å². The van der Waals surface area contributed by atoms with E-state index >= 15 is 0 Å². The highest BCUT2D eigenvalue weighted by molar-refractivity contribution is 8.02. The molecule has 0 aliphatic rings. The van der Waals surface area contributed by atoms with Crippen LogP contribution in [0.1, 0.15) is 4.88 Å². The van der Waals surface area contributed by atoms with Crippen molar-refractivity contribution < 1.29 is 14.3 Å². The molecule has 3 rings (SSSR count). The second-order valence-corrected chi connectivity index (χ2v) is 8.18. The molecule has 5 nitrogen and oxygen atoms in total. The molecule has 0 unspecified atom stereocenters. The number of thiazole rings is 1. The van der Waals surface area contributed by atoms with Crippen LogP contribution in [0.15, 0.2) is 44.5 Å². The Morgan fingerprint density at radius 2 is 2.21 bits per heavy atom. The first-order valence-electron chi connectivity index (χ1n) is 6.91. The maximum atomic E-state index is 14.1. The van der Waals surface area contributed by atoms with Gasteiger partial charge in [-0.1, -0.05) is 0 Å². The van der Waals surface area contributed by atoms with Crippen LogP contribution >= 0.6 is 34.4 Å². The highest BCUT2D eigenvalue weighted by Gasteiger charge is 2.17. The fourth-order valence-corrected chi connectivity index (χ4v) is 5.33. The molecular formula is C15H12FN3O2S3. The van der Waals surface area contributed by atoms with Crippen LogP contribution < -0.4 is 5.32 Å². The van der Waals surface area contributed by atoms with Crippen LogP contribution in [0.4, 0.5) is 9.18 Å². The summed E-state index contributed by atoms with van der Waals surface area (Å²) in [5, 5.41) is 12.9. The molecule has 0 bridgehead atoms. The number of carbonyl (C=O) groups is 1. The maximum absolute atomic E-state index is 14.1. The molecule has 0 aliphatic heterocycles. The van der Waals surface area contributed by atoms with Crippen LogP contribution in [0.2, 0.25) is 0 Å². The van der Waals surface area contributed by atoms with E-state index in [0.29, 0.717) is 18.5 Å². The van der Waals surface area contributed by atoms with Crippen molar-refractivity contribution in [1.29, 1.82) is 0 Å². The predicted octanol–water partition coefficient (Wildman–Crippen LogP) is 4.37. The zero-order valence-corrected chi connectivity index (χ0v) is 14.7. The van der Waals surface area contributed by atoms with Gasteiger partial charge in [0.2, 0.25) is 5.95 Å². The molecule has 0 spiro atoms. The van der Waals surface area contributed by atoms with Crippen LogP contribution in [0.25, 0.3) is 11.1 Å². The van der Waals surface area contributed by atoms with Crippen molar-refractivity contribution in [3.8, 4) is 11.1 Å². The zero-order valence-electron chi connectivity index (χ0n) is 12.2. The molecule has 0 aromatic carbocycles. The van der Waals surface area contributed by atoms with E-state index in [1.54, 1.807) is 18.3 Å². The van der Waals surface area contributed by atoms with E-state index in [1.165, 1.54) is 40.6 Å². The molecule has 3 aromatic rings. The van der Waals surface area contributed by atoms with E-state index in [4.69, 9.17) is 5.11 Å². The number of rotatable bonds is 6. The van der Waals surface area contributed by atoms with Crippen LogP contribution in [-0.4, -0.2) is 27.7 Å². The second kappa shape index (κ2) is 7.73. The molecule has 0 fully saturated rings. The molecule has 1 amide bonds. The molecule has 0 radical (unpaired) electrons. The fraction of sp³-hybridized carbons (Fsp3) is 0.133. The molecule has 2 N–H and O–H groups in total. The number of pyridine rings is 1. The number of nitrogens with one attached hydrogen (secondary N) is 1. The standard InChI is InChI=1S/C15H12FN3O2S3/c16-12-10(2-1-4-17-12)11-8-9(3-5-18-14(20)21)23-13(11)24-15-19-6-7-22-15/h1-2,4,6-8,18H,3,5H2,(H,20,21). The van der Waals surface area contributed by atoms with E-state index in [9.17, 15) is 9.18 Å². The van der Waals surface area contributed by atoms with Crippen LogP contribution in [-0.2, 0) is 6.42 Å². The third kappa shape index (κ3) is 4.11. The van der Waals surface area contributed by atoms with Crippen molar-refractivity contribution in [2.45, 2.75) is 15.0 Å². The highest BCUT2D eigenvalue weighted by atomic mass is 32.2. The topological polar surface area (TPSA) is 75.1 Å². The zero-order chi connectivity index (χ0) is 16.9. The number of halogens is 1. The van der Waals surface area contributed by atoms with E-state index in [0.717, 1.165) is 19.0 Å². The summed E-state index contributed by atoms with van der Waals surface area (Å²) >= 11 is 4.51. The summed E-state index contributed by atoms with van der Waals surface area (Å²) in [5.41, 5.74) is 1.20. The first-order valence-corrected chi connectivity index (χ1v) is 9.42. The van der Waals surface area contributed by atoms with Gasteiger partial charge in [-0.2, -0.15) is 4.39 Å². The number of aromatic nitrogens is 2. The summed E-state index contributed by atoms with van der Waals surface area (Å²) in [7, 11) is 0. The van der Waals surface area contributed by atoms with Gasteiger partial charge in [0.05, 0.1) is 4.21 Å². The smallest absolute Gasteiger partial charge is 0.404 e. The lowest BCUT2D eigenvalue weighted by molar-refractivity contribution is 0.194. The van der Waals surface area contributed by atoms with Crippen molar-refractivity contribution in [2.75, 3.05) is 6.54 Å². The van der Waals surface area contributed by atoms with Gasteiger partial charge < -0.3 is 10.4 Å². The van der Waals surface area contributed by atoms with E-state index in [1.807, 2.05) is 11.4 Å². The minimum absolute atomic E-state index is 0.312. The summed E-state index contributed by atoms with van der Waals surface area (Å²) in [6.45, 7) is 0.312. The van der Waals surface area contributed by atoms with Crippen LogP contribution in [0, 0.1) is 5.95 Å². The summed E-state index contributed by atoms with van der Waals surface area (Å²) in [5.74, 6) is -0.522. The Morgan fingerprint density at radius 1 is 1.33 bits per heavy atom. The van der Waals surface area contributed by atoms with Crippen molar-refractivity contribution in [1.82, 2.24) is 15.3 Å². The summed E-state index contributed by atoms with van der Waals surface area (Å²) in [6, 6.07) is 5.28. The lowest BCUT2D eigenvalue weighted by Crippen LogP contribution is -2.22. The van der Waals surface area contributed by atoms with Crippen molar-refractivity contribution in [3.05, 3.63) is 46.8 Å². The van der Waals surface area contributed by atoms with Gasteiger partial charge in [0.25, 0.3) is 0 Å². The Bertz CT molecular complexity index is 836. The monoisotopic (exact) mass is 381 g/mol. The van der Waals surface area contributed by atoms with Gasteiger partial charge in [-0.3, -0.25) is 0 Å². The predicted molar refractivity (Wildman–Crippen MR) is 93.5 cm³/mol. The lowest BCUT2D eigenvalue weighted by Gasteiger charge is -2.02. The highest BCUT2D eigenvalue weighted by Crippen LogP contribution is 2.43. The number of thiophene rings is 1. The van der Waals surface area contributed by atoms with Crippen molar-refractivity contribution in [2.24, 2.45) is 0 Å². The average Bonchev–Trinajstić information content (AvgIpc) is 3.18. The second-order valence-electron chi connectivity index (χ2n) is 4.64. The van der Waals surface area contributed by atoms with Gasteiger partial charge >= 0.3 is 6.09 Å². The van der Waals surface area contributed by atoms with Gasteiger partial charge in [0.1, 0.15) is 0 Å². The first-order chi connectivity index (χ1) is 11.6. The van der Waals surface area contributed by atoms with Gasteiger partial charge in [0.15, 0.2) is 4.34 Å². The number of hydrogen-bond donors (Lipinski definition) is 2. The van der Waals surface area contributed by atoms with Gasteiger partial charge in [-0.05, 0) is 36.4 Å². The fourth-order valence-electron chi connectivity index (χ4n) is 2.03. The third-order valence-corrected chi connectivity index (χ3v) is 6.31. The van der Waals surface area contributed by atoms with Gasteiger partial charge in [0, 0.05) is 40.3 Å². The Hall–Kier alpha value is -1.97. The molecule has 0 saturated heterocycles. The van der Waals surface area contributed by atoms with E-state index < -0.39 is 12.0 Å². The number of nitrogens with zero attached hydrogens (tertiary/aromatic N) is 2. The molecule has 3 aromatic heterocycles.